The monoisotopic (exact) mass is 260 g/mol. The molecule has 1 N–H and O–H groups in total. The second kappa shape index (κ2) is 3.88. The van der Waals surface area contributed by atoms with Crippen LogP contribution in [0, 0.1) is 0 Å². The topological polar surface area (TPSA) is 66.4 Å². The molecule has 0 saturated carbocycles. The van der Waals surface area contributed by atoms with E-state index in [1.54, 1.807) is 0 Å². The van der Waals surface area contributed by atoms with Crippen LogP contribution >= 0.6 is 0 Å². The molecule has 0 bridgehead atoms. The fourth-order valence-electron chi connectivity index (χ4n) is 2.76. The van der Waals surface area contributed by atoms with Crippen LogP contribution in [0.4, 0.5) is 0 Å². The highest BCUT2D eigenvalue weighted by Gasteiger charge is 2.58. The zero-order valence-electron chi connectivity index (χ0n) is 11.1. The van der Waals surface area contributed by atoms with Crippen LogP contribution in [0.5, 0.6) is 0 Å². The Morgan fingerprint density at radius 1 is 0.889 bits per heavy atom. The summed E-state index contributed by atoms with van der Waals surface area (Å²) in [6.07, 6.45) is -2.48. The standard InChI is InChI=1S/C12H20O6/c1-11(2)14-5-6-7(16-11)8-9(10(13)15-6)18-12(3,4)17-8/h6-10,13H,5H2,1-4H3/t6-,7-,8+,9+,10-/m1/s1. The van der Waals surface area contributed by atoms with Crippen molar-refractivity contribution in [3.05, 3.63) is 0 Å². The van der Waals surface area contributed by atoms with Crippen molar-refractivity contribution in [3.8, 4) is 0 Å². The van der Waals surface area contributed by atoms with E-state index in [1.807, 2.05) is 27.7 Å². The Morgan fingerprint density at radius 2 is 1.50 bits per heavy atom. The summed E-state index contributed by atoms with van der Waals surface area (Å²) in [5.74, 6) is -1.41. The smallest absolute Gasteiger partial charge is 0.184 e. The number of fused-ring (bicyclic) bond motifs is 3. The van der Waals surface area contributed by atoms with Crippen molar-refractivity contribution in [2.45, 2.75) is 70.0 Å². The number of hydrogen-bond acceptors (Lipinski definition) is 6. The first kappa shape index (κ1) is 12.8. The zero-order chi connectivity index (χ0) is 13.1. The SMILES string of the molecule is CC1(C)O[C@@H]2[C@H](O1)[C@H](O)O[C@@H]1COC(C)(C)O[C@@H]21. The molecule has 0 radical (unpaired) electrons. The van der Waals surface area contributed by atoms with Gasteiger partial charge in [-0.15, -0.1) is 0 Å². The number of aliphatic hydroxyl groups excluding tert-OH is 1. The van der Waals surface area contributed by atoms with Gasteiger partial charge in [0, 0.05) is 0 Å². The Bertz CT molecular complexity index is 341. The number of aliphatic hydroxyl groups is 1. The lowest BCUT2D eigenvalue weighted by Crippen LogP contribution is -2.63. The average molecular weight is 260 g/mol. The van der Waals surface area contributed by atoms with Crippen LogP contribution < -0.4 is 0 Å². The van der Waals surface area contributed by atoms with E-state index in [-0.39, 0.29) is 18.3 Å². The minimum absolute atomic E-state index is 0.288. The third-order valence-corrected chi connectivity index (χ3v) is 3.46. The second-order valence-corrected chi connectivity index (χ2v) is 5.92. The molecule has 6 heteroatoms. The lowest BCUT2D eigenvalue weighted by atomic mass is 9.98. The van der Waals surface area contributed by atoms with Crippen molar-refractivity contribution in [3.63, 3.8) is 0 Å². The van der Waals surface area contributed by atoms with Crippen molar-refractivity contribution in [2.24, 2.45) is 0 Å². The minimum Gasteiger partial charge on any atom is -0.366 e. The van der Waals surface area contributed by atoms with Gasteiger partial charge in [0.1, 0.15) is 24.4 Å². The summed E-state index contributed by atoms with van der Waals surface area (Å²) in [7, 11) is 0. The Labute approximate surface area is 106 Å². The molecular formula is C12H20O6. The lowest BCUT2D eigenvalue weighted by molar-refractivity contribution is -0.365. The largest absolute Gasteiger partial charge is 0.366 e. The number of rotatable bonds is 0. The zero-order valence-corrected chi connectivity index (χ0v) is 11.1. The third-order valence-electron chi connectivity index (χ3n) is 3.46. The fraction of sp³-hybridized carbons (Fsp3) is 1.00. The first-order chi connectivity index (χ1) is 8.27. The third kappa shape index (κ3) is 2.07. The maximum absolute atomic E-state index is 9.94. The number of hydrogen-bond donors (Lipinski definition) is 1. The molecular weight excluding hydrogens is 240 g/mol. The molecule has 3 saturated heterocycles. The summed E-state index contributed by atoms with van der Waals surface area (Å²) in [6, 6.07) is 0. The highest BCUT2D eigenvalue weighted by Crippen LogP contribution is 2.41. The summed E-state index contributed by atoms with van der Waals surface area (Å²) in [6.45, 7) is 7.71. The summed E-state index contributed by atoms with van der Waals surface area (Å²) in [5, 5.41) is 9.94. The molecule has 3 fully saturated rings. The van der Waals surface area contributed by atoms with E-state index >= 15 is 0 Å². The van der Waals surface area contributed by atoms with Crippen molar-refractivity contribution in [1.29, 1.82) is 0 Å². The first-order valence-electron chi connectivity index (χ1n) is 6.28. The van der Waals surface area contributed by atoms with Gasteiger partial charge in [-0.05, 0) is 27.7 Å². The van der Waals surface area contributed by atoms with Gasteiger partial charge in [0.15, 0.2) is 17.9 Å². The van der Waals surface area contributed by atoms with E-state index < -0.39 is 24.0 Å². The Morgan fingerprint density at radius 3 is 2.22 bits per heavy atom. The van der Waals surface area contributed by atoms with Gasteiger partial charge in [0.05, 0.1) is 6.61 Å². The molecule has 0 spiro atoms. The molecule has 0 aromatic rings. The van der Waals surface area contributed by atoms with Gasteiger partial charge >= 0.3 is 0 Å². The van der Waals surface area contributed by atoms with Crippen LogP contribution in [0.2, 0.25) is 0 Å². The van der Waals surface area contributed by atoms with E-state index in [9.17, 15) is 5.11 Å². The summed E-state index contributed by atoms with van der Waals surface area (Å²) < 4.78 is 28.4. The Balaban J connectivity index is 1.84. The fourth-order valence-corrected chi connectivity index (χ4v) is 2.76. The molecule has 104 valence electrons. The molecule has 0 unspecified atom stereocenters. The molecule has 0 aromatic heterocycles. The normalized spacial score (nSPS) is 49.5. The van der Waals surface area contributed by atoms with Crippen LogP contribution in [0.1, 0.15) is 27.7 Å². The van der Waals surface area contributed by atoms with E-state index in [2.05, 4.69) is 0 Å². The molecule has 18 heavy (non-hydrogen) atoms. The molecule has 0 amide bonds. The maximum Gasteiger partial charge on any atom is 0.184 e. The first-order valence-corrected chi connectivity index (χ1v) is 6.28. The van der Waals surface area contributed by atoms with Crippen molar-refractivity contribution < 1.29 is 28.8 Å². The summed E-state index contributed by atoms with van der Waals surface area (Å²) in [5.41, 5.74) is 0. The van der Waals surface area contributed by atoms with Crippen LogP contribution in [-0.4, -0.2) is 54.0 Å². The van der Waals surface area contributed by atoms with Crippen molar-refractivity contribution >= 4 is 0 Å². The number of ether oxygens (including phenoxy) is 5. The van der Waals surface area contributed by atoms with Crippen molar-refractivity contribution in [1.82, 2.24) is 0 Å². The van der Waals surface area contributed by atoms with Crippen LogP contribution in [0.25, 0.3) is 0 Å². The van der Waals surface area contributed by atoms with Crippen LogP contribution in [-0.2, 0) is 23.7 Å². The quantitative estimate of drug-likeness (QED) is 0.679. The highest BCUT2D eigenvalue weighted by atomic mass is 16.8. The van der Waals surface area contributed by atoms with E-state index in [4.69, 9.17) is 23.7 Å². The molecule has 0 aromatic carbocycles. The van der Waals surface area contributed by atoms with Gasteiger partial charge in [0.2, 0.25) is 0 Å². The van der Waals surface area contributed by atoms with Crippen molar-refractivity contribution in [2.75, 3.05) is 6.61 Å². The van der Waals surface area contributed by atoms with Crippen LogP contribution in [0.15, 0.2) is 0 Å². The minimum atomic E-state index is -1.01. The average Bonchev–Trinajstić information content (AvgIpc) is 2.56. The van der Waals surface area contributed by atoms with Gasteiger partial charge in [0.25, 0.3) is 0 Å². The van der Waals surface area contributed by atoms with Gasteiger partial charge in [-0.1, -0.05) is 0 Å². The molecule has 3 aliphatic rings. The van der Waals surface area contributed by atoms with Gasteiger partial charge in [-0.3, -0.25) is 0 Å². The molecule has 5 atom stereocenters. The second-order valence-electron chi connectivity index (χ2n) is 5.92. The van der Waals surface area contributed by atoms with Crippen LogP contribution in [0.3, 0.4) is 0 Å². The van der Waals surface area contributed by atoms with E-state index in [1.165, 1.54) is 0 Å². The Hall–Kier alpha value is -0.240. The molecule has 0 aliphatic carbocycles. The van der Waals surface area contributed by atoms with Gasteiger partial charge < -0.3 is 28.8 Å². The summed E-state index contributed by atoms with van der Waals surface area (Å²) >= 11 is 0. The Kier molecular flexibility index (Phi) is 2.75. The summed E-state index contributed by atoms with van der Waals surface area (Å²) in [4.78, 5) is 0. The highest BCUT2D eigenvalue weighted by molar-refractivity contribution is 4.98. The predicted molar refractivity (Wildman–Crippen MR) is 59.6 cm³/mol. The molecule has 6 nitrogen and oxygen atoms in total. The molecule has 3 rings (SSSR count). The molecule has 3 aliphatic heterocycles. The van der Waals surface area contributed by atoms with E-state index in [0.717, 1.165) is 0 Å². The molecule has 3 heterocycles. The van der Waals surface area contributed by atoms with Gasteiger partial charge in [-0.2, -0.15) is 0 Å². The van der Waals surface area contributed by atoms with Gasteiger partial charge in [-0.25, -0.2) is 0 Å². The predicted octanol–water partition coefficient (Wildman–Crippen LogP) is 0.375. The van der Waals surface area contributed by atoms with E-state index in [0.29, 0.717) is 6.61 Å². The lowest BCUT2D eigenvalue weighted by Gasteiger charge is -2.47. The maximum atomic E-state index is 9.94.